The minimum absolute atomic E-state index is 0.660. The molecule has 3 rings (SSSR count). The molecule has 20 heavy (non-hydrogen) atoms. The van der Waals surface area contributed by atoms with E-state index >= 15 is 0 Å². The number of rotatable bonds is 5. The van der Waals surface area contributed by atoms with Crippen molar-refractivity contribution in [1.29, 1.82) is 0 Å². The first kappa shape index (κ1) is 14.2. The van der Waals surface area contributed by atoms with Gasteiger partial charge in [0.15, 0.2) is 0 Å². The van der Waals surface area contributed by atoms with Crippen molar-refractivity contribution in [2.24, 2.45) is 5.92 Å². The number of nitrogens with zero attached hydrogens (tertiary/aromatic N) is 1. The molecule has 1 saturated heterocycles. The fourth-order valence-electron chi connectivity index (χ4n) is 3.31. The summed E-state index contributed by atoms with van der Waals surface area (Å²) in [7, 11) is 0. The lowest BCUT2D eigenvalue weighted by Crippen LogP contribution is -2.34. The number of halogens is 1. The largest absolute Gasteiger partial charge is 0.368 e. The van der Waals surface area contributed by atoms with Gasteiger partial charge in [-0.2, -0.15) is 0 Å². The number of hydrogen-bond donors (Lipinski definition) is 1. The number of anilines is 1. The Balaban J connectivity index is 1.85. The van der Waals surface area contributed by atoms with E-state index in [1.807, 2.05) is 6.07 Å². The third-order valence-electron chi connectivity index (χ3n) is 4.62. The Morgan fingerprint density at radius 3 is 2.80 bits per heavy atom. The summed E-state index contributed by atoms with van der Waals surface area (Å²) in [4.78, 5) is 2.58. The van der Waals surface area contributed by atoms with E-state index < -0.39 is 0 Å². The topological polar surface area (TPSA) is 15.3 Å². The molecule has 1 aliphatic heterocycles. The molecule has 0 spiro atoms. The van der Waals surface area contributed by atoms with Crippen LogP contribution in [0, 0.1) is 5.92 Å². The van der Waals surface area contributed by atoms with Gasteiger partial charge in [0.1, 0.15) is 0 Å². The highest BCUT2D eigenvalue weighted by Gasteiger charge is 2.29. The van der Waals surface area contributed by atoms with E-state index in [0.29, 0.717) is 12.0 Å². The molecule has 0 bridgehead atoms. The molecule has 3 heteroatoms. The van der Waals surface area contributed by atoms with Crippen LogP contribution in [-0.2, 0) is 6.54 Å². The van der Waals surface area contributed by atoms with Crippen LogP contribution < -0.4 is 10.2 Å². The molecule has 0 radical (unpaired) electrons. The molecular formula is C17H25ClN2. The summed E-state index contributed by atoms with van der Waals surface area (Å²) in [5, 5.41) is 4.52. The summed E-state index contributed by atoms with van der Waals surface area (Å²) in [6.07, 6.45) is 5.24. The maximum absolute atomic E-state index is 6.47. The van der Waals surface area contributed by atoms with Crippen LogP contribution in [0.15, 0.2) is 18.2 Å². The first-order valence-electron chi connectivity index (χ1n) is 7.94. The number of hydrogen-bond acceptors (Lipinski definition) is 2. The molecule has 1 aromatic carbocycles. The van der Waals surface area contributed by atoms with Gasteiger partial charge < -0.3 is 10.2 Å². The van der Waals surface area contributed by atoms with Crippen molar-refractivity contribution < 1.29 is 0 Å². The van der Waals surface area contributed by atoms with Crippen LogP contribution in [0.25, 0.3) is 0 Å². The second kappa shape index (κ2) is 5.95. The molecule has 1 N–H and O–H groups in total. The number of benzene rings is 1. The smallest absolute Gasteiger partial charge is 0.0471 e. The third kappa shape index (κ3) is 2.96. The lowest BCUT2D eigenvalue weighted by molar-refractivity contribution is 0.491. The Labute approximate surface area is 127 Å². The minimum atomic E-state index is 0.660. The molecule has 1 saturated carbocycles. The summed E-state index contributed by atoms with van der Waals surface area (Å²) in [5.41, 5.74) is 2.63. The second-order valence-corrected chi connectivity index (χ2v) is 6.95. The zero-order valence-corrected chi connectivity index (χ0v) is 13.3. The molecule has 1 heterocycles. The Morgan fingerprint density at radius 2 is 2.10 bits per heavy atom. The van der Waals surface area contributed by atoms with Crippen molar-refractivity contribution in [2.75, 3.05) is 11.4 Å². The zero-order chi connectivity index (χ0) is 14.1. The maximum Gasteiger partial charge on any atom is 0.0471 e. The van der Waals surface area contributed by atoms with Crippen LogP contribution in [-0.4, -0.2) is 18.6 Å². The third-order valence-corrected chi connectivity index (χ3v) is 4.97. The summed E-state index contributed by atoms with van der Waals surface area (Å²) in [5.74, 6) is 0.695. The quantitative estimate of drug-likeness (QED) is 0.874. The summed E-state index contributed by atoms with van der Waals surface area (Å²) in [6.45, 7) is 6.73. The Bertz CT molecular complexity index is 468. The Morgan fingerprint density at radius 1 is 1.30 bits per heavy atom. The van der Waals surface area contributed by atoms with Gasteiger partial charge in [-0.15, -0.1) is 0 Å². The summed E-state index contributed by atoms with van der Waals surface area (Å²) < 4.78 is 0. The normalized spacial score (nSPS) is 22.8. The van der Waals surface area contributed by atoms with Gasteiger partial charge in [-0.1, -0.05) is 31.5 Å². The zero-order valence-electron chi connectivity index (χ0n) is 12.5. The van der Waals surface area contributed by atoms with Gasteiger partial charge in [0.2, 0.25) is 0 Å². The van der Waals surface area contributed by atoms with Crippen molar-refractivity contribution in [3.8, 4) is 0 Å². The highest BCUT2D eigenvalue weighted by atomic mass is 35.5. The van der Waals surface area contributed by atoms with Gasteiger partial charge >= 0.3 is 0 Å². The monoisotopic (exact) mass is 292 g/mol. The van der Waals surface area contributed by atoms with E-state index in [4.69, 9.17) is 11.6 Å². The molecule has 1 aliphatic carbocycles. The van der Waals surface area contributed by atoms with Crippen molar-refractivity contribution in [3.05, 3.63) is 28.8 Å². The fourth-order valence-corrected chi connectivity index (χ4v) is 3.55. The van der Waals surface area contributed by atoms with Crippen molar-refractivity contribution in [1.82, 2.24) is 5.32 Å². The molecule has 0 aromatic heterocycles. The lowest BCUT2D eigenvalue weighted by atomic mass is 10.0. The molecule has 110 valence electrons. The van der Waals surface area contributed by atoms with Gasteiger partial charge in [-0.05, 0) is 43.7 Å². The average molecular weight is 293 g/mol. The second-order valence-electron chi connectivity index (χ2n) is 6.54. The van der Waals surface area contributed by atoms with Crippen molar-refractivity contribution in [3.63, 3.8) is 0 Å². The predicted octanol–water partition coefficient (Wildman–Crippen LogP) is 4.22. The average Bonchev–Trinajstić information content (AvgIpc) is 3.11. The van der Waals surface area contributed by atoms with E-state index in [-0.39, 0.29) is 0 Å². The van der Waals surface area contributed by atoms with Gasteiger partial charge in [-0.25, -0.2) is 0 Å². The van der Waals surface area contributed by atoms with Crippen LogP contribution in [0.5, 0.6) is 0 Å². The molecule has 0 amide bonds. The SMILES string of the molecule is CC(C)C1CCCN1c1cccc(Cl)c1CNC1CC1. The van der Waals surface area contributed by atoms with Gasteiger partial charge in [0.05, 0.1) is 0 Å². The van der Waals surface area contributed by atoms with Gasteiger partial charge in [-0.3, -0.25) is 0 Å². The first-order chi connectivity index (χ1) is 9.66. The van der Waals surface area contributed by atoms with Crippen molar-refractivity contribution >= 4 is 17.3 Å². The van der Waals surface area contributed by atoms with E-state index in [0.717, 1.165) is 17.6 Å². The Hall–Kier alpha value is -0.730. The first-order valence-corrected chi connectivity index (χ1v) is 8.32. The van der Waals surface area contributed by atoms with Crippen LogP contribution in [0.4, 0.5) is 5.69 Å². The standard InChI is InChI=1S/C17H25ClN2/c1-12(2)16-7-4-10-20(16)17-6-3-5-15(18)14(17)11-19-13-8-9-13/h3,5-6,12-13,16,19H,4,7-11H2,1-2H3. The van der Waals surface area contributed by atoms with E-state index in [1.165, 1.54) is 43.5 Å². The molecular weight excluding hydrogens is 268 g/mol. The van der Waals surface area contributed by atoms with Crippen molar-refractivity contribution in [2.45, 2.75) is 58.2 Å². The van der Waals surface area contributed by atoms with Gasteiger partial charge in [0, 0.05) is 41.4 Å². The lowest BCUT2D eigenvalue weighted by Gasteiger charge is -2.32. The van der Waals surface area contributed by atoms with Crippen LogP contribution >= 0.6 is 11.6 Å². The fraction of sp³-hybridized carbons (Fsp3) is 0.647. The van der Waals surface area contributed by atoms with E-state index in [9.17, 15) is 0 Å². The molecule has 1 atom stereocenters. The minimum Gasteiger partial charge on any atom is -0.368 e. The Kier molecular flexibility index (Phi) is 4.23. The molecule has 1 unspecified atom stereocenters. The highest BCUT2D eigenvalue weighted by Crippen LogP contribution is 2.35. The van der Waals surface area contributed by atoms with Crippen LogP contribution in [0.3, 0.4) is 0 Å². The molecule has 1 aromatic rings. The molecule has 2 fully saturated rings. The molecule has 2 nitrogen and oxygen atoms in total. The van der Waals surface area contributed by atoms with Crippen LogP contribution in [0.2, 0.25) is 5.02 Å². The predicted molar refractivity (Wildman–Crippen MR) is 86.5 cm³/mol. The summed E-state index contributed by atoms with van der Waals surface area (Å²) in [6, 6.07) is 7.74. The summed E-state index contributed by atoms with van der Waals surface area (Å²) >= 11 is 6.47. The molecule has 2 aliphatic rings. The number of nitrogens with one attached hydrogen (secondary N) is 1. The van der Waals surface area contributed by atoms with Gasteiger partial charge in [0.25, 0.3) is 0 Å². The maximum atomic E-state index is 6.47. The van der Waals surface area contributed by atoms with E-state index in [1.54, 1.807) is 0 Å². The highest BCUT2D eigenvalue weighted by molar-refractivity contribution is 6.31. The van der Waals surface area contributed by atoms with E-state index in [2.05, 4.69) is 36.2 Å². The van der Waals surface area contributed by atoms with Crippen LogP contribution in [0.1, 0.15) is 45.1 Å².